The largest absolute Gasteiger partial charge is 0.361 e. The van der Waals surface area contributed by atoms with Gasteiger partial charge in [0.25, 0.3) is 0 Å². The lowest BCUT2D eigenvalue weighted by atomic mass is 9.88. The monoisotopic (exact) mass is 575 g/mol. The topological polar surface area (TPSA) is 67.6 Å². The molecule has 0 unspecified atom stereocenters. The van der Waals surface area contributed by atoms with E-state index >= 15 is 0 Å². The third kappa shape index (κ3) is 4.00. The van der Waals surface area contributed by atoms with Gasteiger partial charge in [-0.25, -0.2) is 9.97 Å². The molecule has 5 heterocycles. The lowest BCUT2D eigenvalue weighted by Gasteiger charge is -2.20. The Morgan fingerprint density at radius 1 is 0.682 bits per heavy atom. The minimum Gasteiger partial charge on any atom is -0.361 e. The third-order valence-electron chi connectivity index (χ3n) is 8.58. The summed E-state index contributed by atoms with van der Waals surface area (Å²) in [6.45, 7) is 6.72. The molecule has 0 spiro atoms. The van der Waals surface area contributed by atoms with Gasteiger partial charge in [-0.1, -0.05) is 63.2 Å². The van der Waals surface area contributed by atoms with Gasteiger partial charge in [0.15, 0.2) is 5.82 Å². The maximum absolute atomic E-state index is 5.23. The molecule has 0 aliphatic rings. The van der Waals surface area contributed by atoms with Crippen molar-refractivity contribution in [3.8, 4) is 22.9 Å². The summed E-state index contributed by atoms with van der Waals surface area (Å²) in [5.41, 5.74) is 8.29. The van der Waals surface area contributed by atoms with Gasteiger partial charge in [0, 0.05) is 53.6 Å². The van der Waals surface area contributed by atoms with Crippen LogP contribution in [0.4, 0.5) is 5.82 Å². The van der Waals surface area contributed by atoms with Crippen molar-refractivity contribution in [2.75, 3.05) is 19.0 Å². The number of nitrogens with one attached hydrogen (secondary N) is 1. The van der Waals surface area contributed by atoms with Crippen LogP contribution in [0.25, 0.3) is 66.6 Å². The summed E-state index contributed by atoms with van der Waals surface area (Å²) in [4.78, 5) is 12.1. The minimum atomic E-state index is 0.00984. The van der Waals surface area contributed by atoms with Gasteiger partial charge in [-0.2, -0.15) is 5.10 Å². The van der Waals surface area contributed by atoms with E-state index in [4.69, 9.17) is 9.97 Å². The van der Waals surface area contributed by atoms with E-state index in [2.05, 4.69) is 131 Å². The molecule has 0 atom stereocenters. The van der Waals surface area contributed by atoms with E-state index in [-0.39, 0.29) is 5.41 Å². The molecule has 7 heteroatoms. The second-order valence-electron chi connectivity index (χ2n) is 12.7. The predicted octanol–water partition coefficient (Wildman–Crippen LogP) is 8.42. The van der Waals surface area contributed by atoms with Gasteiger partial charge in [0.05, 0.1) is 27.9 Å². The highest BCUT2D eigenvalue weighted by atomic mass is 15.2. The van der Waals surface area contributed by atoms with E-state index in [1.807, 2.05) is 31.3 Å². The van der Waals surface area contributed by atoms with E-state index < -0.39 is 0 Å². The van der Waals surface area contributed by atoms with Crippen molar-refractivity contribution in [2.45, 2.75) is 26.2 Å². The van der Waals surface area contributed by atoms with E-state index in [1.54, 1.807) is 0 Å². The van der Waals surface area contributed by atoms with E-state index in [9.17, 15) is 0 Å². The highest BCUT2D eigenvalue weighted by Gasteiger charge is 2.20. The van der Waals surface area contributed by atoms with Crippen LogP contribution in [0.1, 0.15) is 26.3 Å². The van der Waals surface area contributed by atoms with E-state index in [0.29, 0.717) is 0 Å². The molecule has 0 saturated carbocycles. The Bertz CT molecular complexity index is 2360. The van der Waals surface area contributed by atoms with Gasteiger partial charge in [-0.3, -0.25) is 14.2 Å². The first-order chi connectivity index (χ1) is 21.3. The summed E-state index contributed by atoms with van der Waals surface area (Å²) < 4.78 is 4.57. The average Bonchev–Trinajstić information content (AvgIpc) is 3.73. The quantitative estimate of drug-likeness (QED) is 0.229. The molecule has 0 bridgehead atoms. The fourth-order valence-corrected chi connectivity index (χ4v) is 6.27. The Kier molecular flexibility index (Phi) is 5.68. The van der Waals surface area contributed by atoms with Gasteiger partial charge < -0.3 is 4.90 Å². The highest BCUT2D eigenvalue weighted by Crippen LogP contribution is 2.37. The van der Waals surface area contributed by atoms with Crippen molar-refractivity contribution in [2.24, 2.45) is 0 Å². The molecule has 216 valence electrons. The van der Waals surface area contributed by atoms with Crippen molar-refractivity contribution in [3.05, 3.63) is 109 Å². The summed E-state index contributed by atoms with van der Waals surface area (Å²) >= 11 is 0. The number of para-hydroxylation sites is 2. The number of hydrogen-bond donors (Lipinski definition) is 1. The third-order valence-corrected chi connectivity index (χ3v) is 8.58. The number of aromatic nitrogens is 6. The molecule has 1 N–H and O–H groups in total. The van der Waals surface area contributed by atoms with Crippen LogP contribution >= 0.6 is 0 Å². The number of H-pyrrole nitrogens is 1. The zero-order valence-corrected chi connectivity index (χ0v) is 25.5. The van der Waals surface area contributed by atoms with Crippen LogP contribution in [0, 0.1) is 0 Å². The Morgan fingerprint density at radius 3 is 2.09 bits per heavy atom. The van der Waals surface area contributed by atoms with Gasteiger partial charge >= 0.3 is 0 Å². The van der Waals surface area contributed by atoms with Crippen LogP contribution in [0.2, 0.25) is 0 Å². The molecular weight excluding hydrogens is 542 g/mol. The summed E-state index contributed by atoms with van der Waals surface area (Å²) in [6.07, 6.45) is 1.93. The molecule has 0 saturated heterocycles. The van der Waals surface area contributed by atoms with Crippen LogP contribution in [0.5, 0.6) is 0 Å². The van der Waals surface area contributed by atoms with Crippen molar-refractivity contribution < 1.29 is 0 Å². The first-order valence-corrected chi connectivity index (χ1v) is 14.9. The molecule has 0 radical (unpaired) electrons. The number of pyridine rings is 2. The maximum atomic E-state index is 5.23. The molecule has 7 nitrogen and oxygen atoms in total. The lowest BCUT2D eigenvalue weighted by Crippen LogP contribution is -2.12. The van der Waals surface area contributed by atoms with Crippen molar-refractivity contribution >= 4 is 49.6 Å². The molecule has 3 aromatic carbocycles. The molecule has 44 heavy (non-hydrogen) atoms. The second-order valence-corrected chi connectivity index (χ2v) is 12.7. The average molecular weight is 576 g/mol. The van der Waals surface area contributed by atoms with E-state index in [0.717, 1.165) is 56.3 Å². The van der Waals surface area contributed by atoms with Gasteiger partial charge in [0.1, 0.15) is 11.5 Å². The lowest BCUT2D eigenvalue weighted by molar-refractivity contribution is 0.588. The van der Waals surface area contributed by atoms with Crippen molar-refractivity contribution in [1.29, 1.82) is 0 Å². The van der Waals surface area contributed by atoms with E-state index in [1.165, 1.54) is 21.7 Å². The number of anilines is 1. The highest BCUT2D eigenvalue weighted by molar-refractivity contribution is 6.11. The van der Waals surface area contributed by atoms with Crippen molar-refractivity contribution in [1.82, 2.24) is 29.3 Å². The smallest absolute Gasteiger partial charge is 0.150 e. The molecule has 0 amide bonds. The Labute approximate surface area is 255 Å². The summed E-state index contributed by atoms with van der Waals surface area (Å²) in [7, 11) is 3.97. The standard InChI is InChI=1S/C37H33N7/c1-37(2,3)23-18-19-38-34(20-23)44-32-13-9-6-10-25(32)27-15-14-24(21-33(27)44)43-31-12-8-7-11-26(31)28-16-17-29(39-36(28)43)30-22-35(41-40-30)42(4)5/h6-22H,1-5H3,(H,40,41). The number of fused-ring (bicyclic) bond motifs is 6. The molecule has 8 aromatic rings. The summed E-state index contributed by atoms with van der Waals surface area (Å²) in [5.74, 6) is 1.78. The molecule has 0 fully saturated rings. The van der Waals surface area contributed by atoms with Crippen LogP contribution in [0.15, 0.2) is 103 Å². The zero-order valence-electron chi connectivity index (χ0n) is 25.5. The number of aromatic amines is 1. The van der Waals surface area contributed by atoms with Crippen LogP contribution in [-0.2, 0) is 5.41 Å². The van der Waals surface area contributed by atoms with Gasteiger partial charge in [-0.15, -0.1) is 0 Å². The number of hydrogen-bond acceptors (Lipinski definition) is 4. The fourth-order valence-electron chi connectivity index (χ4n) is 6.27. The molecule has 5 aromatic heterocycles. The Balaban J connectivity index is 1.40. The fraction of sp³-hybridized carbons (Fsp3) is 0.162. The normalized spacial score (nSPS) is 12.2. The predicted molar refractivity (Wildman–Crippen MR) is 181 cm³/mol. The summed E-state index contributed by atoms with van der Waals surface area (Å²) in [6, 6.07) is 34.4. The first-order valence-electron chi connectivity index (χ1n) is 14.9. The molecule has 8 rings (SSSR count). The SMILES string of the molecule is CN(C)c1cc(-c2ccc3c4ccccc4n(-c4ccc5c6ccccc6n(-c6cc(C(C)(C)C)ccn6)c5c4)c3n2)[nH]n1. The number of nitrogens with zero attached hydrogens (tertiary/aromatic N) is 6. The summed E-state index contributed by atoms with van der Waals surface area (Å²) in [5, 5.41) is 12.3. The van der Waals surface area contributed by atoms with Crippen LogP contribution in [-0.4, -0.2) is 43.4 Å². The van der Waals surface area contributed by atoms with Gasteiger partial charge in [0.2, 0.25) is 0 Å². The molecule has 0 aliphatic carbocycles. The van der Waals surface area contributed by atoms with Crippen LogP contribution < -0.4 is 4.90 Å². The Hall–Kier alpha value is -5.43. The number of benzene rings is 3. The zero-order chi connectivity index (χ0) is 30.2. The minimum absolute atomic E-state index is 0.00984. The Morgan fingerprint density at radius 2 is 1.36 bits per heavy atom. The second kappa shape index (κ2) is 9.54. The van der Waals surface area contributed by atoms with Crippen LogP contribution in [0.3, 0.4) is 0 Å². The molecule has 0 aliphatic heterocycles. The number of rotatable bonds is 4. The van der Waals surface area contributed by atoms with Crippen molar-refractivity contribution in [3.63, 3.8) is 0 Å². The maximum Gasteiger partial charge on any atom is 0.150 e. The van der Waals surface area contributed by atoms with Gasteiger partial charge in [-0.05, 0) is 59.5 Å². The molecular formula is C37H33N7. The first kappa shape index (κ1) is 26.2.